The normalized spacial score (nSPS) is 14.2. The average Bonchev–Trinajstić information content (AvgIpc) is 3.20. The number of thiophene rings is 1. The van der Waals surface area contributed by atoms with Gasteiger partial charge in [0.2, 0.25) is 5.91 Å². The molecule has 3 N–H and O–H groups in total. The van der Waals surface area contributed by atoms with Crippen molar-refractivity contribution >= 4 is 45.3 Å². The van der Waals surface area contributed by atoms with Crippen LogP contribution in [0, 0.1) is 0 Å². The number of nitrogens with two attached hydrogens (primary N) is 1. The van der Waals surface area contributed by atoms with Gasteiger partial charge in [-0.1, -0.05) is 37.9 Å². The summed E-state index contributed by atoms with van der Waals surface area (Å²) in [6.45, 7) is 4.41. The number of aromatic nitrogens is 2. The summed E-state index contributed by atoms with van der Waals surface area (Å²) in [5, 5.41) is 2.78. The molecule has 2 aromatic rings. The van der Waals surface area contributed by atoms with Gasteiger partial charge >= 0.3 is 6.03 Å². The molecule has 0 radical (unpaired) electrons. The average molecular weight is 423 g/mol. The van der Waals surface area contributed by atoms with E-state index < -0.39 is 17.2 Å². The Labute approximate surface area is 172 Å². The first-order valence-electron chi connectivity index (χ1n) is 9.74. The molecular formula is C19H26N4O3S2. The SMILES string of the molecule is CCCCCCn1c(SC(C)C(=O)NC(N)=O)nc2sc3c(c2c1=O)CCC3. The first-order chi connectivity index (χ1) is 13.4. The standard InChI is InChI=1S/C19H26N4O3S2/c1-3-4-5-6-10-23-17(25)14-12-8-7-9-13(12)28-16(14)22-19(23)27-11(2)15(24)21-18(20)26/h11H,3-10H2,1-2H3,(H3,20,21,24,26). The molecule has 152 valence electrons. The largest absolute Gasteiger partial charge is 0.351 e. The predicted octanol–water partition coefficient (Wildman–Crippen LogP) is 3.20. The van der Waals surface area contributed by atoms with Gasteiger partial charge in [-0.05, 0) is 38.2 Å². The third-order valence-electron chi connectivity index (χ3n) is 4.92. The summed E-state index contributed by atoms with van der Waals surface area (Å²) in [6, 6.07) is -0.882. The zero-order valence-corrected chi connectivity index (χ0v) is 17.9. The molecule has 1 aliphatic rings. The number of primary amides is 1. The van der Waals surface area contributed by atoms with Crippen LogP contribution in [0.5, 0.6) is 0 Å². The highest BCUT2D eigenvalue weighted by Gasteiger charge is 2.25. The number of amides is 3. The number of rotatable bonds is 8. The van der Waals surface area contributed by atoms with Gasteiger partial charge in [-0.25, -0.2) is 9.78 Å². The lowest BCUT2D eigenvalue weighted by atomic mass is 10.2. The third-order valence-corrected chi connectivity index (χ3v) is 7.20. The fourth-order valence-corrected chi connectivity index (χ4v) is 5.71. The van der Waals surface area contributed by atoms with Gasteiger partial charge in [-0.15, -0.1) is 11.3 Å². The van der Waals surface area contributed by atoms with Gasteiger partial charge in [0.25, 0.3) is 5.56 Å². The van der Waals surface area contributed by atoms with Gasteiger partial charge in [0.1, 0.15) is 4.83 Å². The van der Waals surface area contributed by atoms with E-state index in [1.165, 1.54) is 16.6 Å². The molecule has 0 saturated heterocycles. The first kappa shape index (κ1) is 20.9. The van der Waals surface area contributed by atoms with Gasteiger partial charge in [0.15, 0.2) is 5.16 Å². The highest BCUT2D eigenvalue weighted by molar-refractivity contribution is 8.00. The van der Waals surface area contributed by atoms with Crippen LogP contribution >= 0.6 is 23.1 Å². The Morgan fingerprint density at radius 3 is 2.82 bits per heavy atom. The fourth-order valence-electron chi connectivity index (χ4n) is 3.48. The van der Waals surface area contributed by atoms with E-state index in [9.17, 15) is 14.4 Å². The molecule has 9 heteroatoms. The lowest BCUT2D eigenvalue weighted by Crippen LogP contribution is -2.39. The van der Waals surface area contributed by atoms with Crippen LogP contribution in [-0.2, 0) is 24.2 Å². The van der Waals surface area contributed by atoms with Crippen LogP contribution in [0.15, 0.2) is 9.95 Å². The number of thioether (sulfide) groups is 1. The predicted molar refractivity (Wildman–Crippen MR) is 113 cm³/mol. The van der Waals surface area contributed by atoms with Gasteiger partial charge < -0.3 is 5.73 Å². The molecule has 3 amide bonds. The second-order valence-corrected chi connectivity index (χ2v) is 9.45. The van der Waals surface area contributed by atoms with Crippen LogP contribution in [0.4, 0.5) is 4.79 Å². The summed E-state index contributed by atoms with van der Waals surface area (Å²) < 4.78 is 1.71. The Morgan fingerprint density at radius 2 is 2.11 bits per heavy atom. The van der Waals surface area contributed by atoms with Crippen molar-refractivity contribution in [3.8, 4) is 0 Å². The van der Waals surface area contributed by atoms with Crippen molar-refractivity contribution in [1.82, 2.24) is 14.9 Å². The Balaban J connectivity index is 1.95. The van der Waals surface area contributed by atoms with E-state index in [0.717, 1.165) is 60.7 Å². The van der Waals surface area contributed by atoms with Crippen molar-refractivity contribution in [3.05, 3.63) is 20.8 Å². The number of unbranched alkanes of at least 4 members (excludes halogenated alkanes) is 3. The summed E-state index contributed by atoms with van der Waals surface area (Å²) in [5.41, 5.74) is 6.19. The fraction of sp³-hybridized carbons (Fsp3) is 0.579. The number of hydrogen-bond donors (Lipinski definition) is 2. The summed E-state index contributed by atoms with van der Waals surface area (Å²) in [5.74, 6) is -0.488. The number of nitrogens with one attached hydrogen (secondary N) is 1. The molecule has 3 rings (SSSR count). The highest BCUT2D eigenvalue weighted by Crippen LogP contribution is 2.36. The molecule has 0 bridgehead atoms. The van der Waals surface area contributed by atoms with E-state index in [1.54, 1.807) is 22.8 Å². The van der Waals surface area contributed by atoms with Crippen LogP contribution in [-0.4, -0.2) is 26.7 Å². The van der Waals surface area contributed by atoms with E-state index in [2.05, 4.69) is 12.2 Å². The maximum Gasteiger partial charge on any atom is 0.318 e. The van der Waals surface area contributed by atoms with Crippen LogP contribution in [0.2, 0.25) is 0 Å². The van der Waals surface area contributed by atoms with Crippen molar-refractivity contribution in [2.24, 2.45) is 5.73 Å². The number of urea groups is 1. The summed E-state index contributed by atoms with van der Waals surface area (Å²) in [7, 11) is 0. The molecule has 1 aliphatic carbocycles. The lowest BCUT2D eigenvalue weighted by Gasteiger charge is -2.15. The second kappa shape index (κ2) is 9.09. The first-order valence-corrected chi connectivity index (χ1v) is 11.4. The van der Waals surface area contributed by atoms with E-state index >= 15 is 0 Å². The molecular weight excluding hydrogens is 396 g/mol. The maximum atomic E-state index is 13.3. The van der Waals surface area contributed by atoms with Crippen molar-refractivity contribution in [2.45, 2.75) is 75.7 Å². The minimum Gasteiger partial charge on any atom is -0.351 e. The summed E-state index contributed by atoms with van der Waals surface area (Å²) in [4.78, 5) is 43.1. The molecule has 0 fully saturated rings. The smallest absolute Gasteiger partial charge is 0.318 e. The van der Waals surface area contributed by atoms with Crippen molar-refractivity contribution in [1.29, 1.82) is 0 Å². The molecule has 0 aromatic carbocycles. The summed E-state index contributed by atoms with van der Waals surface area (Å²) >= 11 is 2.78. The third kappa shape index (κ3) is 4.41. The van der Waals surface area contributed by atoms with Gasteiger partial charge in [-0.2, -0.15) is 0 Å². The van der Waals surface area contributed by atoms with E-state index in [1.807, 2.05) is 0 Å². The molecule has 1 unspecified atom stereocenters. The van der Waals surface area contributed by atoms with Gasteiger partial charge in [-0.3, -0.25) is 19.5 Å². The van der Waals surface area contributed by atoms with Crippen LogP contribution in [0.3, 0.4) is 0 Å². The molecule has 28 heavy (non-hydrogen) atoms. The molecule has 2 aromatic heterocycles. The van der Waals surface area contributed by atoms with Crippen LogP contribution in [0.1, 0.15) is 56.4 Å². The maximum absolute atomic E-state index is 13.3. The zero-order valence-electron chi connectivity index (χ0n) is 16.2. The Morgan fingerprint density at radius 1 is 1.32 bits per heavy atom. The monoisotopic (exact) mass is 422 g/mol. The number of hydrogen-bond acceptors (Lipinski definition) is 6. The summed E-state index contributed by atoms with van der Waals surface area (Å²) in [6.07, 6.45) is 7.22. The van der Waals surface area contributed by atoms with Crippen molar-refractivity contribution < 1.29 is 9.59 Å². The van der Waals surface area contributed by atoms with Crippen LogP contribution < -0.4 is 16.6 Å². The molecule has 2 heterocycles. The second-order valence-electron chi connectivity index (χ2n) is 7.06. The van der Waals surface area contributed by atoms with Gasteiger partial charge in [0.05, 0.1) is 10.6 Å². The minimum atomic E-state index is -0.882. The van der Waals surface area contributed by atoms with E-state index in [0.29, 0.717) is 11.7 Å². The van der Waals surface area contributed by atoms with E-state index in [-0.39, 0.29) is 5.56 Å². The van der Waals surface area contributed by atoms with Gasteiger partial charge in [0, 0.05) is 11.4 Å². The minimum absolute atomic E-state index is 0.00842. The van der Waals surface area contributed by atoms with E-state index in [4.69, 9.17) is 10.7 Å². The highest BCUT2D eigenvalue weighted by atomic mass is 32.2. The lowest BCUT2D eigenvalue weighted by molar-refractivity contribution is -0.119. The molecule has 0 saturated carbocycles. The zero-order chi connectivity index (χ0) is 20.3. The quantitative estimate of drug-likeness (QED) is 0.386. The number of imide groups is 1. The van der Waals surface area contributed by atoms with Crippen molar-refractivity contribution in [2.75, 3.05) is 0 Å². The number of carbonyl (C=O) groups excluding carboxylic acids is 2. The Hall–Kier alpha value is -1.87. The topological polar surface area (TPSA) is 107 Å². The number of aryl methyl sites for hydroxylation is 2. The number of nitrogens with zero attached hydrogens (tertiary/aromatic N) is 2. The molecule has 0 spiro atoms. The molecule has 0 aliphatic heterocycles. The number of carbonyl (C=O) groups is 2. The Kier molecular flexibility index (Phi) is 6.77. The molecule has 1 atom stereocenters. The Bertz CT molecular complexity index is 951. The number of fused-ring (bicyclic) bond motifs is 3. The van der Waals surface area contributed by atoms with Crippen molar-refractivity contribution in [3.63, 3.8) is 0 Å². The van der Waals surface area contributed by atoms with Crippen LogP contribution in [0.25, 0.3) is 10.2 Å². The molecule has 7 nitrogen and oxygen atoms in total.